The van der Waals surface area contributed by atoms with Gasteiger partial charge < -0.3 is 10.4 Å². The number of aliphatic carboxylic acids is 1. The van der Waals surface area contributed by atoms with Crippen molar-refractivity contribution >= 4 is 23.6 Å². The maximum absolute atomic E-state index is 11.7. The number of carboxylic acids is 1. The number of nitrogens with one attached hydrogen (secondary N) is 1. The number of aromatic nitrogens is 2. The smallest absolute Gasteiger partial charge is 0.303 e. The minimum atomic E-state index is -0.784. The van der Waals surface area contributed by atoms with E-state index in [-0.39, 0.29) is 12.3 Å². The third-order valence-electron chi connectivity index (χ3n) is 2.42. The van der Waals surface area contributed by atoms with Gasteiger partial charge >= 0.3 is 5.97 Å². The zero-order valence-corrected chi connectivity index (χ0v) is 11.6. The number of rotatable bonds is 8. The van der Waals surface area contributed by atoms with Crippen molar-refractivity contribution in [3.63, 3.8) is 0 Å². The quantitative estimate of drug-likeness (QED) is 0.556. The average molecular weight is 283 g/mol. The lowest BCUT2D eigenvalue weighted by Gasteiger charge is -2.04. The molecule has 0 bridgehead atoms. The minimum Gasteiger partial charge on any atom is -0.481 e. The van der Waals surface area contributed by atoms with Gasteiger partial charge in [0.25, 0.3) is 5.91 Å². The molecule has 1 rings (SSSR count). The van der Waals surface area contributed by atoms with Crippen LogP contribution in [0.4, 0.5) is 0 Å². The lowest BCUT2D eigenvalue weighted by molar-refractivity contribution is -0.137. The van der Waals surface area contributed by atoms with E-state index in [4.69, 9.17) is 5.11 Å². The van der Waals surface area contributed by atoms with Crippen molar-refractivity contribution in [2.75, 3.05) is 12.8 Å². The standard InChI is InChI=1S/C12H17N3O3S/c1-19-10-8-14-9(7-15-10)12(18)13-6-4-2-3-5-11(16)17/h7-8H,2-6H2,1H3,(H,13,18)(H,16,17). The average Bonchev–Trinajstić information content (AvgIpc) is 2.42. The second kappa shape index (κ2) is 8.47. The molecular formula is C12H17N3O3S. The molecule has 7 heteroatoms. The van der Waals surface area contributed by atoms with E-state index in [2.05, 4.69) is 15.3 Å². The molecule has 19 heavy (non-hydrogen) atoms. The summed E-state index contributed by atoms with van der Waals surface area (Å²) in [6.07, 6.45) is 7.25. The number of thioether (sulfide) groups is 1. The first kappa shape index (κ1) is 15.4. The highest BCUT2D eigenvalue weighted by molar-refractivity contribution is 7.98. The summed E-state index contributed by atoms with van der Waals surface area (Å²) in [6, 6.07) is 0. The number of hydrogen-bond donors (Lipinski definition) is 2. The lowest BCUT2D eigenvalue weighted by Crippen LogP contribution is -2.25. The predicted molar refractivity (Wildman–Crippen MR) is 72.3 cm³/mol. The molecule has 0 unspecified atom stereocenters. The van der Waals surface area contributed by atoms with Gasteiger partial charge in [0, 0.05) is 13.0 Å². The summed E-state index contributed by atoms with van der Waals surface area (Å²) < 4.78 is 0. The highest BCUT2D eigenvalue weighted by Crippen LogP contribution is 2.08. The Labute approximate surface area is 116 Å². The van der Waals surface area contributed by atoms with Crippen molar-refractivity contribution in [1.29, 1.82) is 0 Å². The fourth-order valence-corrected chi connectivity index (χ4v) is 1.73. The maximum Gasteiger partial charge on any atom is 0.303 e. The van der Waals surface area contributed by atoms with Gasteiger partial charge in [0.15, 0.2) is 0 Å². The van der Waals surface area contributed by atoms with Gasteiger partial charge in [0.05, 0.1) is 12.4 Å². The summed E-state index contributed by atoms with van der Waals surface area (Å²) in [4.78, 5) is 30.0. The molecule has 0 atom stereocenters. The van der Waals surface area contributed by atoms with Gasteiger partial charge in [0.2, 0.25) is 0 Å². The second-order valence-corrected chi connectivity index (χ2v) is 4.73. The molecule has 0 spiro atoms. The van der Waals surface area contributed by atoms with Crippen molar-refractivity contribution in [2.45, 2.75) is 30.7 Å². The highest BCUT2D eigenvalue weighted by atomic mass is 32.2. The van der Waals surface area contributed by atoms with Gasteiger partial charge in [-0.05, 0) is 19.1 Å². The molecule has 1 amide bonds. The Morgan fingerprint density at radius 1 is 1.26 bits per heavy atom. The summed E-state index contributed by atoms with van der Waals surface area (Å²) in [5, 5.41) is 12.0. The van der Waals surface area contributed by atoms with Crippen molar-refractivity contribution < 1.29 is 14.7 Å². The Hall–Kier alpha value is -1.63. The Balaban J connectivity index is 2.21. The number of carboxylic acid groups (broad SMARTS) is 1. The Bertz CT molecular complexity index is 423. The lowest BCUT2D eigenvalue weighted by atomic mass is 10.2. The summed E-state index contributed by atoms with van der Waals surface area (Å²) in [7, 11) is 0. The highest BCUT2D eigenvalue weighted by Gasteiger charge is 2.06. The first-order chi connectivity index (χ1) is 9.13. The number of carbonyl (C=O) groups excluding carboxylic acids is 1. The van der Waals surface area contributed by atoms with E-state index in [1.165, 1.54) is 18.0 Å². The summed E-state index contributed by atoms with van der Waals surface area (Å²) in [5.41, 5.74) is 0.295. The maximum atomic E-state index is 11.7. The first-order valence-corrected chi connectivity index (χ1v) is 7.22. The fraction of sp³-hybridized carbons (Fsp3) is 0.500. The number of amides is 1. The van der Waals surface area contributed by atoms with E-state index >= 15 is 0 Å². The summed E-state index contributed by atoms with van der Waals surface area (Å²) >= 11 is 1.47. The Morgan fingerprint density at radius 2 is 2.05 bits per heavy atom. The molecule has 104 valence electrons. The molecule has 1 heterocycles. The van der Waals surface area contributed by atoms with Crippen molar-refractivity contribution in [3.05, 3.63) is 18.1 Å². The van der Waals surface area contributed by atoms with Crippen molar-refractivity contribution in [2.24, 2.45) is 0 Å². The number of nitrogens with zero attached hydrogens (tertiary/aromatic N) is 2. The van der Waals surface area contributed by atoms with Gasteiger partial charge in [-0.1, -0.05) is 6.42 Å². The molecule has 0 saturated heterocycles. The van der Waals surface area contributed by atoms with Gasteiger partial charge in [-0.2, -0.15) is 0 Å². The van der Waals surface area contributed by atoms with Crippen LogP contribution in [-0.4, -0.2) is 39.8 Å². The van der Waals surface area contributed by atoms with Crippen LogP contribution in [-0.2, 0) is 4.79 Å². The van der Waals surface area contributed by atoms with Crippen LogP contribution in [0.2, 0.25) is 0 Å². The van der Waals surface area contributed by atoms with Crippen LogP contribution in [0, 0.1) is 0 Å². The molecule has 2 N–H and O–H groups in total. The largest absolute Gasteiger partial charge is 0.481 e. The molecule has 0 aromatic carbocycles. The van der Waals surface area contributed by atoms with Gasteiger partial charge in [0.1, 0.15) is 10.7 Å². The van der Waals surface area contributed by atoms with Crippen molar-refractivity contribution in [3.8, 4) is 0 Å². The van der Waals surface area contributed by atoms with Gasteiger partial charge in [-0.15, -0.1) is 11.8 Å². The summed E-state index contributed by atoms with van der Waals surface area (Å²) in [5.74, 6) is -1.04. The van der Waals surface area contributed by atoms with E-state index in [1.807, 2.05) is 6.26 Å². The third-order valence-corrected chi connectivity index (χ3v) is 3.05. The molecule has 6 nitrogen and oxygen atoms in total. The molecule has 1 aromatic rings. The fourth-order valence-electron chi connectivity index (χ4n) is 1.41. The zero-order valence-electron chi connectivity index (χ0n) is 10.8. The number of unbranched alkanes of at least 4 members (excludes halogenated alkanes) is 2. The molecule has 0 saturated carbocycles. The third kappa shape index (κ3) is 6.19. The van der Waals surface area contributed by atoms with Crippen LogP contribution in [0.15, 0.2) is 17.4 Å². The van der Waals surface area contributed by atoms with E-state index in [0.717, 1.165) is 17.9 Å². The molecule has 1 aromatic heterocycles. The van der Waals surface area contributed by atoms with Crippen LogP contribution in [0.25, 0.3) is 0 Å². The molecular weight excluding hydrogens is 266 g/mol. The van der Waals surface area contributed by atoms with E-state index < -0.39 is 5.97 Å². The first-order valence-electron chi connectivity index (χ1n) is 5.99. The molecule has 0 aliphatic carbocycles. The van der Waals surface area contributed by atoms with E-state index in [0.29, 0.717) is 18.7 Å². The Kier molecular flexibility index (Phi) is 6.88. The van der Waals surface area contributed by atoms with Crippen LogP contribution in [0.5, 0.6) is 0 Å². The SMILES string of the molecule is CSc1cnc(C(=O)NCCCCCC(=O)O)cn1. The molecule has 0 aliphatic rings. The van der Waals surface area contributed by atoms with Crippen LogP contribution >= 0.6 is 11.8 Å². The topological polar surface area (TPSA) is 92.2 Å². The monoisotopic (exact) mass is 283 g/mol. The van der Waals surface area contributed by atoms with Gasteiger partial charge in [-0.3, -0.25) is 9.59 Å². The van der Waals surface area contributed by atoms with E-state index in [9.17, 15) is 9.59 Å². The molecule has 0 fully saturated rings. The predicted octanol–water partition coefficient (Wildman–Crippen LogP) is 1.57. The normalized spacial score (nSPS) is 10.2. The molecule has 0 aliphatic heterocycles. The minimum absolute atomic E-state index is 0.176. The van der Waals surface area contributed by atoms with Crippen LogP contribution < -0.4 is 5.32 Å². The summed E-state index contributed by atoms with van der Waals surface area (Å²) in [6.45, 7) is 0.518. The zero-order chi connectivity index (χ0) is 14.1. The molecule has 0 radical (unpaired) electrons. The number of hydrogen-bond acceptors (Lipinski definition) is 5. The second-order valence-electron chi connectivity index (χ2n) is 3.90. The Morgan fingerprint density at radius 3 is 2.63 bits per heavy atom. The van der Waals surface area contributed by atoms with Crippen LogP contribution in [0.3, 0.4) is 0 Å². The number of carbonyl (C=O) groups is 2. The van der Waals surface area contributed by atoms with Crippen molar-refractivity contribution in [1.82, 2.24) is 15.3 Å². The van der Waals surface area contributed by atoms with Crippen LogP contribution in [0.1, 0.15) is 36.2 Å². The van der Waals surface area contributed by atoms with Gasteiger partial charge in [-0.25, -0.2) is 9.97 Å². The van der Waals surface area contributed by atoms with E-state index in [1.54, 1.807) is 6.20 Å².